The van der Waals surface area contributed by atoms with Gasteiger partial charge in [0.2, 0.25) is 0 Å². The number of hydrogen-bond acceptors (Lipinski definition) is 3. The lowest BCUT2D eigenvalue weighted by Gasteiger charge is -2.43. The fourth-order valence-corrected chi connectivity index (χ4v) is 10.8. The summed E-state index contributed by atoms with van der Waals surface area (Å²) in [6.07, 6.45) is 19.0. The van der Waals surface area contributed by atoms with E-state index in [-0.39, 0.29) is 10.3 Å². The molecule has 0 aromatic heterocycles. The predicted octanol–water partition coefficient (Wildman–Crippen LogP) is 11.1. The molecule has 212 valence electrons. The highest BCUT2D eigenvalue weighted by atomic mass is 32.2. The van der Waals surface area contributed by atoms with Crippen LogP contribution in [0, 0.1) is 11.8 Å². The second-order valence-electron chi connectivity index (χ2n) is 13.2. The average Bonchev–Trinajstić information content (AvgIpc) is 3.48. The molecule has 3 aromatic carbocycles. The number of rotatable bonds is 5. The molecule has 2 fully saturated rings. The number of phenols is 1. The molecule has 4 aliphatic rings. The number of fused-ring (bicyclic) bond motifs is 8. The molecular formula is C37H46O2S. The monoisotopic (exact) mass is 554 g/mol. The summed E-state index contributed by atoms with van der Waals surface area (Å²) in [7, 11) is 0. The lowest BCUT2D eigenvalue weighted by molar-refractivity contribution is 0.0226. The molecular weight excluding hydrogens is 508 g/mol. The van der Waals surface area contributed by atoms with Gasteiger partial charge in [-0.1, -0.05) is 108 Å². The third kappa shape index (κ3) is 4.04. The molecule has 1 aliphatic heterocycles. The Labute approximate surface area is 245 Å². The highest BCUT2D eigenvalue weighted by Crippen LogP contribution is 2.62. The van der Waals surface area contributed by atoms with Crippen molar-refractivity contribution in [3.8, 4) is 22.6 Å². The van der Waals surface area contributed by atoms with Gasteiger partial charge in [-0.3, -0.25) is 0 Å². The Morgan fingerprint density at radius 1 is 0.875 bits per heavy atom. The maximum absolute atomic E-state index is 11.7. The highest BCUT2D eigenvalue weighted by Gasteiger charge is 2.52. The van der Waals surface area contributed by atoms with E-state index in [1.54, 1.807) is 0 Å². The van der Waals surface area contributed by atoms with Gasteiger partial charge in [-0.2, -0.15) is 0 Å². The van der Waals surface area contributed by atoms with Crippen molar-refractivity contribution in [1.82, 2.24) is 0 Å². The number of benzene rings is 3. The maximum atomic E-state index is 11.7. The van der Waals surface area contributed by atoms with E-state index in [9.17, 15) is 5.11 Å². The van der Waals surface area contributed by atoms with Crippen LogP contribution in [-0.4, -0.2) is 10.0 Å². The second-order valence-corrected chi connectivity index (χ2v) is 14.5. The van der Waals surface area contributed by atoms with Crippen molar-refractivity contribution in [3.05, 3.63) is 53.6 Å². The van der Waals surface area contributed by atoms with Gasteiger partial charge >= 0.3 is 0 Å². The molecule has 1 spiro atoms. The SMILES string of the molecule is CCCC(CC)C1(C2CCCCC2)Oc2cc3c4c(cc(O)c3cc2S1)C1(CCCCCCC1)c1ccccc1-4. The minimum Gasteiger partial charge on any atom is -0.507 e. The predicted molar refractivity (Wildman–Crippen MR) is 169 cm³/mol. The smallest absolute Gasteiger partial charge is 0.164 e. The van der Waals surface area contributed by atoms with Gasteiger partial charge in [0.1, 0.15) is 11.5 Å². The Balaban J connectivity index is 1.40. The number of phenolic OH excluding ortho intramolecular Hbond substituents is 1. The number of hydrogen-bond donors (Lipinski definition) is 1. The van der Waals surface area contributed by atoms with Crippen LogP contribution in [0.25, 0.3) is 21.9 Å². The van der Waals surface area contributed by atoms with Gasteiger partial charge in [0.05, 0.1) is 4.90 Å². The minimum atomic E-state index is -0.178. The molecule has 1 heterocycles. The lowest BCUT2D eigenvalue weighted by atomic mass is 9.69. The number of thioether (sulfide) groups is 1. The number of ether oxygens (including phenoxy) is 1. The average molecular weight is 555 g/mol. The van der Waals surface area contributed by atoms with Crippen molar-refractivity contribution in [3.63, 3.8) is 0 Å². The Bertz CT molecular complexity index is 1390. The molecule has 3 aliphatic carbocycles. The molecule has 2 atom stereocenters. The molecule has 0 saturated heterocycles. The third-order valence-electron chi connectivity index (χ3n) is 11.0. The summed E-state index contributed by atoms with van der Waals surface area (Å²) in [4.78, 5) is 1.05. The van der Waals surface area contributed by atoms with Gasteiger partial charge in [-0.15, -0.1) is 0 Å². The van der Waals surface area contributed by atoms with E-state index < -0.39 is 0 Å². The molecule has 0 amide bonds. The summed E-state index contributed by atoms with van der Waals surface area (Å²) in [5.74, 6) is 2.64. The van der Waals surface area contributed by atoms with Crippen LogP contribution in [0.4, 0.5) is 0 Å². The zero-order valence-corrected chi connectivity index (χ0v) is 25.4. The first-order valence-electron chi connectivity index (χ1n) is 16.4. The first-order valence-corrected chi connectivity index (χ1v) is 17.2. The standard InChI is InChI=1S/C37H46O2S/c1-3-15-25(4-2)37(26-16-9-8-10-17-26)39-33-22-29-28(23-34(33)40-37)32(38)24-31-35(29)27-18-11-12-19-30(27)36(31)20-13-6-5-7-14-21-36/h11-12,18-19,22-26,38H,3-10,13-17,20-21H2,1-2H3. The summed E-state index contributed by atoms with van der Waals surface area (Å²) >= 11 is 2.00. The van der Waals surface area contributed by atoms with Crippen LogP contribution in [0.5, 0.6) is 11.5 Å². The number of aromatic hydroxyl groups is 1. The maximum Gasteiger partial charge on any atom is 0.164 e. The fraction of sp³-hybridized carbons (Fsp3) is 0.568. The van der Waals surface area contributed by atoms with E-state index in [4.69, 9.17) is 4.74 Å². The van der Waals surface area contributed by atoms with Crippen LogP contribution in [-0.2, 0) is 5.41 Å². The topological polar surface area (TPSA) is 29.5 Å². The van der Waals surface area contributed by atoms with Gasteiger partial charge in [0, 0.05) is 22.6 Å². The summed E-state index contributed by atoms with van der Waals surface area (Å²) in [5, 5.41) is 13.8. The van der Waals surface area contributed by atoms with Gasteiger partial charge in [0.25, 0.3) is 0 Å². The minimum absolute atomic E-state index is 0.0208. The largest absolute Gasteiger partial charge is 0.507 e. The zero-order valence-electron chi connectivity index (χ0n) is 24.6. The molecule has 7 rings (SSSR count). The van der Waals surface area contributed by atoms with Crippen molar-refractivity contribution in [2.75, 3.05) is 0 Å². The van der Waals surface area contributed by atoms with Crippen LogP contribution >= 0.6 is 11.8 Å². The molecule has 3 heteroatoms. The van der Waals surface area contributed by atoms with Gasteiger partial charge < -0.3 is 9.84 Å². The van der Waals surface area contributed by atoms with E-state index in [1.165, 1.54) is 122 Å². The Morgan fingerprint density at radius 2 is 1.60 bits per heavy atom. The fourth-order valence-electron chi connectivity index (χ4n) is 9.12. The lowest BCUT2D eigenvalue weighted by Crippen LogP contribution is -2.46. The molecule has 0 radical (unpaired) electrons. The summed E-state index contributed by atoms with van der Waals surface area (Å²) in [6, 6.07) is 15.9. The third-order valence-corrected chi connectivity index (χ3v) is 12.6. The van der Waals surface area contributed by atoms with Crippen LogP contribution in [0.3, 0.4) is 0 Å². The van der Waals surface area contributed by atoms with E-state index in [0.29, 0.717) is 17.6 Å². The van der Waals surface area contributed by atoms with E-state index in [0.717, 1.165) is 17.6 Å². The Kier molecular flexibility index (Phi) is 7.09. The van der Waals surface area contributed by atoms with Gasteiger partial charge in [-0.25, -0.2) is 0 Å². The van der Waals surface area contributed by atoms with E-state index >= 15 is 0 Å². The van der Waals surface area contributed by atoms with Crippen LogP contribution in [0.1, 0.15) is 121 Å². The molecule has 40 heavy (non-hydrogen) atoms. The zero-order chi connectivity index (χ0) is 27.3. The van der Waals surface area contributed by atoms with Crippen molar-refractivity contribution >= 4 is 22.5 Å². The quantitative estimate of drug-likeness (QED) is 0.340. The first kappa shape index (κ1) is 26.7. The second kappa shape index (κ2) is 10.6. The highest BCUT2D eigenvalue weighted by molar-refractivity contribution is 8.01. The van der Waals surface area contributed by atoms with Gasteiger partial charge in [0.15, 0.2) is 4.93 Å². The molecule has 2 saturated carbocycles. The molecule has 0 bridgehead atoms. The van der Waals surface area contributed by atoms with E-state index in [1.807, 2.05) is 11.8 Å². The van der Waals surface area contributed by atoms with Crippen molar-refractivity contribution in [2.24, 2.45) is 11.8 Å². The van der Waals surface area contributed by atoms with Crippen molar-refractivity contribution in [2.45, 2.75) is 125 Å². The normalized spacial score (nSPS) is 24.6. The molecule has 3 aromatic rings. The molecule has 2 nitrogen and oxygen atoms in total. The summed E-state index contributed by atoms with van der Waals surface area (Å²) < 4.78 is 7.29. The van der Waals surface area contributed by atoms with Crippen LogP contribution < -0.4 is 4.74 Å². The van der Waals surface area contributed by atoms with Crippen LogP contribution in [0.2, 0.25) is 0 Å². The Hall–Kier alpha value is -2.13. The summed E-state index contributed by atoms with van der Waals surface area (Å²) in [5.41, 5.74) is 5.61. The van der Waals surface area contributed by atoms with Gasteiger partial charge in [-0.05, 0) is 84.4 Å². The molecule has 1 N–H and O–H groups in total. The molecule has 2 unspecified atom stereocenters. The van der Waals surface area contributed by atoms with E-state index in [2.05, 4.69) is 56.3 Å². The summed E-state index contributed by atoms with van der Waals surface area (Å²) in [6.45, 7) is 4.68. The van der Waals surface area contributed by atoms with Crippen LogP contribution in [0.15, 0.2) is 47.4 Å². The van der Waals surface area contributed by atoms with Crippen molar-refractivity contribution < 1.29 is 9.84 Å². The Morgan fingerprint density at radius 3 is 2.35 bits per heavy atom. The first-order chi connectivity index (χ1) is 19.6. The van der Waals surface area contributed by atoms with Crippen molar-refractivity contribution in [1.29, 1.82) is 0 Å².